The fraction of sp³-hybridized carbons (Fsp3) is 0.192. The average molecular weight is 481 g/mol. The fourth-order valence-corrected chi connectivity index (χ4v) is 4.20. The first-order valence-electron chi connectivity index (χ1n) is 11.6. The van der Waals surface area contributed by atoms with Crippen LogP contribution in [0.3, 0.4) is 0 Å². The molecule has 0 radical (unpaired) electrons. The number of hydrogen-bond acceptors (Lipinski definition) is 7. The van der Waals surface area contributed by atoms with Crippen LogP contribution in [0.2, 0.25) is 0 Å². The number of anilines is 3. The van der Waals surface area contributed by atoms with Crippen LogP contribution in [0.15, 0.2) is 67.0 Å². The highest BCUT2D eigenvalue weighted by molar-refractivity contribution is 5.99. The van der Waals surface area contributed by atoms with Crippen molar-refractivity contribution in [3.63, 3.8) is 0 Å². The van der Waals surface area contributed by atoms with Gasteiger partial charge in [-0.2, -0.15) is 10.4 Å². The highest BCUT2D eigenvalue weighted by Gasteiger charge is 2.22. The predicted molar refractivity (Wildman–Crippen MR) is 135 cm³/mol. The molecule has 1 fully saturated rings. The van der Waals surface area contributed by atoms with Gasteiger partial charge in [-0.3, -0.25) is 5.32 Å². The highest BCUT2D eigenvalue weighted by Crippen LogP contribution is 2.35. The summed E-state index contributed by atoms with van der Waals surface area (Å²) in [7, 11) is 0. The minimum absolute atomic E-state index is 0.311. The Morgan fingerprint density at radius 3 is 2.47 bits per heavy atom. The standard InChI is InChI=1S/C26H24N8O2/c27-15-17-5-9-20(10-6-17)34-24(13-22(33-34)18-3-1-2-4-18)32-26(35)31-19-7-11-21(12-8-19)36-25-14-23(28)29-16-30-25/h5-14,16,18H,1-4H2,(H2,28,29,30)(H2,31,32,35). The Kier molecular flexibility index (Phi) is 6.44. The first kappa shape index (κ1) is 22.9. The largest absolute Gasteiger partial charge is 0.439 e. The zero-order valence-electron chi connectivity index (χ0n) is 19.4. The van der Waals surface area contributed by atoms with Crippen molar-refractivity contribution in [3.8, 4) is 23.4 Å². The van der Waals surface area contributed by atoms with E-state index in [9.17, 15) is 4.79 Å². The summed E-state index contributed by atoms with van der Waals surface area (Å²) in [6.07, 6.45) is 5.87. The first-order chi connectivity index (χ1) is 17.6. The predicted octanol–water partition coefficient (Wildman–Crippen LogP) is 5.21. The minimum Gasteiger partial charge on any atom is -0.439 e. The maximum atomic E-state index is 12.8. The van der Waals surface area contributed by atoms with E-state index in [1.165, 1.54) is 25.2 Å². The molecule has 0 spiro atoms. The van der Waals surface area contributed by atoms with E-state index in [-0.39, 0.29) is 0 Å². The topological polar surface area (TPSA) is 144 Å². The zero-order valence-corrected chi connectivity index (χ0v) is 19.4. The van der Waals surface area contributed by atoms with Gasteiger partial charge in [0.25, 0.3) is 0 Å². The monoisotopic (exact) mass is 480 g/mol. The number of nitrogen functional groups attached to an aromatic ring is 1. The molecular weight excluding hydrogens is 456 g/mol. The van der Waals surface area contributed by atoms with Crippen molar-refractivity contribution >= 4 is 23.4 Å². The number of ether oxygens (including phenoxy) is 1. The summed E-state index contributed by atoms with van der Waals surface area (Å²) in [6, 6.07) is 19.1. The molecule has 0 unspecified atom stereocenters. The molecular formula is C26H24N8O2. The number of hydrogen-bond donors (Lipinski definition) is 3. The second-order valence-corrected chi connectivity index (χ2v) is 8.49. The van der Waals surface area contributed by atoms with Crippen LogP contribution >= 0.6 is 0 Å². The van der Waals surface area contributed by atoms with Crippen molar-refractivity contribution in [2.75, 3.05) is 16.4 Å². The molecule has 2 amide bonds. The number of urea groups is 1. The first-order valence-corrected chi connectivity index (χ1v) is 11.6. The van der Waals surface area contributed by atoms with Crippen LogP contribution < -0.4 is 21.1 Å². The summed E-state index contributed by atoms with van der Waals surface area (Å²) in [5.74, 6) is 2.12. The van der Waals surface area contributed by atoms with Gasteiger partial charge in [0.2, 0.25) is 5.88 Å². The highest BCUT2D eigenvalue weighted by atomic mass is 16.5. The molecule has 0 atom stereocenters. The van der Waals surface area contributed by atoms with Crippen LogP contribution in [-0.4, -0.2) is 25.8 Å². The number of rotatable bonds is 6. The SMILES string of the molecule is N#Cc1ccc(-n2nc(C3CCCC3)cc2NC(=O)Nc2ccc(Oc3cc(N)ncn3)cc2)cc1. The number of carbonyl (C=O) groups excluding carboxylic acids is 1. The van der Waals surface area contributed by atoms with Gasteiger partial charge in [0.1, 0.15) is 23.7 Å². The summed E-state index contributed by atoms with van der Waals surface area (Å²) in [6.45, 7) is 0. The maximum Gasteiger partial charge on any atom is 0.324 e. The number of nitrogens with zero attached hydrogens (tertiary/aromatic N) is 5. The van der Waals surface area contributed by atoms with Crippen LogP contribution in [0, 0.1) is 11.3 Å². The van der Waals surface area contributed by atoms with Gasteiger partial charge in [-0.25, -0.2) is 19.4 Å². The molecule has 0 saturated heterocycles. The minimum atomic E-state index is -0.403. The van der Waals surface area contributed by atoms with E-state index in [2.05, 4.69) is 26.7 Å². The van der Waals surface area contributed by atoms with Gasteiger partial charge in [0.15, 0.2) is 0 Å². The summed E-state index contributed by atoms with van der Waals surface area (Å²) < 4.78 is 7.36. The lowest BCUT2D eigenvalue weighted by Gasteiger charge is -2.11. The molecule has 36 heavy (non-hydrogen) atoms. The van der Waals surface area contributed by atoms with Crippen molar-refractivity contribution in [2.24, 2.45) is 0 Å². The lowest BCUT2D eigenvalue weighted by Crippen LogP contribution is -2.21. The Morgan fingerprint density at radius 1 is 1.03 bits per heavy atom. The molecule has 0 aliphatic heterocycles. The lowest BCUT2D eigenvalue weighted by molar-refractivity contribution is 0.262. The molecule has 2 aromatic heterocycles. The Hall–Kier alpha value is -4.91. The van der Waals surface area contributed by atoms with E-state index in [4.69, 9.17) is 20.8 Å². The Balaban J connectivity index is 1.30. The summed E-state index contributed by atoms with van der Waals surface area (Å²) in [5.41, 5.74) is 8.51. The molecule has 1 aliphatic carbocycles. The second kappa shape index (κ2) is 10.1. The van der Waals surface area contributed by atoms with Crippen LogP contribution in [0.5, 0.6) is 11.6 Å². The average Bonchev–Trinajstić information content (AvgIpc) is 3.56. The molecule has 1 saturated carbocycles. The number of nitriles is 1. The Bertz CT molecular complexity index is 1400. The van der Waals surface area contributed by atoms with Gasteiger partial charge < -0.3 is 15.8 Å². The normalized spacial score (nSPS) is 13.2. The number of carbonyl (C=O) groups is 1. The third kappa shape index (κ3) is 5.26. The van der Waals surface area contributed by atoms with Crippen molar-refractivity contribution in [3.05, 3.63) is 78.2 Å². The van der Waals surface area contributed by atoms with Crippen molar-refractivity contribution in [1.82, 2.24) is 19.7 Å². The molecule has 4 N–H and O–H groups in total. The van der Waals surface area contributed by atoms with Crippen molar-refractivity contribution in [1.29, 1.82) is 5.26 Å². The van der Waals surface area contributed by atoms with Crippen LogP contribution in [0.25, 0.3) is 5.69 Å². The van der Waals surface area contributed by atoms with E-state index in [0.717, 1.165) is 24.2 Å². The number of aromatic nitrogens is 4. The number of benzene rings is 2. The maximum absolute atomic E-state index is 12.8. The van der Waals surface area contributed by atoms with Crippen molar-refractivity contribution < 1.29 is 9.53 Å². The molecule has 2 heterocycles. The third-order valence-electron chi connectivity index (χ3n) is 5.98. The fourth-order valence-electron chi connectivity index (χ4n) is 4.20. The summed E-state index contributed by atoms with van der Waals surface area (Å²) in [4.78, 5) is 20.7. The van der Waals surface area contributed by atoms with E-state index < -0.39 is 6.03 Å². The van der Waals surface area contributed by atoms with Crippen molar-refractivity contribution in [2.45, 2.75) is 31.6 Å². The Morgan fingerprint density at radius 2 is 1.78 bits per heavy atom. The zero-order chi connectivity index (χ0) is 24.9. The van der Waals surface area contributed by atoms with Gasteiger partial charge in [-0.1, -0.05) is 12.8 Å². The number of nitrogens with two attached hydrogens (primary N) is 1. The van der Waals surface area contributed by atoms with E-state index in [1.807, 2.05) is 18.2 Å². The molecule has 10 nitrogen and oxygen atoms in total. The van der Waals surface area contributed by atoms with Crippen LogP contribution in [-0.2, 0) is 0 Å². The van der Waals surface area contributed by atoms with Gasteiger partial charge in [0.05, 0.1) is 23.0 Å². The molecule has 4 aromatic rings. The molecule has 5 rings (SSSR count). The van der Waals surface area contributed by atoms with Gasteiger partial charge >= 0.3 is 6.03 Å². The smallest absolute Gasteiger partial charge is 0.324 e. The number of amides is 2. The summed E-state index contributed by atoms with van der Waals surface area (Å²) >= 11 is 0. The van der Waals surface area contributed by atoms with E-state index >= 15 is 0 Å². The second-order valence-electron chi connectivity index (χ2n) is 8.49. The van der Waals surface area contributed by atoms with Crippen LogP contribution in [0.4, 0.5) is 22.1 Å². The molecule has 10 heteroatoms. The lowest BCUT2D eigenvalue weighted by atomic mass is 10.0. The third-order valence-corrected chi connectivity index (χ3v) is 5.98. The van der Waals surface area contributed by atoms with Gasteiger partial charge in [0, 0.05) is 23.7 Å². The van der Waals surface area contributed by atoms with Crippen LogP contribution in [0.1, 0.15) is 42.9 Å². The van der Waals surface area contributed by atoms with Gasteiger partial charge in [-0.15, -0.1) is 0 Å². The Labute approximate surface area is 207 Å². The van der Waals surface area contributed by atoms with Gasteiger partial charge in [-0.05, 0) is 61.4 Å². The van der Waals surface area contributed by atoms with E-state index in [0.29, 0.717) is 40.4 Å². The molecule has 180 valence electrons. The quantitative estimate of drug-likeness (QED) is 0.343. The number of nitrogens with one attached hydrogen (secondary N) is 2. The molecule has 0 bridgehead atoms. The molecule has 2 aromatic carbocycles. The van der Waals surface area contributed by atoms with E-state index in [1.54, 1.807) is 41.1 Å². The summed E-state index contributed by atoms with van der Waals surface area (Å²) in [5, 5.41) is 19.6. The molecule has 1 aliphatic rings.